The van der Waals surface area contributed by atoms with Gasteiger partial charge in [-0.15, -0.1) is 0 Å². The lowest BCUT2D eigenvalue weighted by molar-refractivity contribution is 0.194. The summed E-state index contributed by atoms with van der Waals surface area (Å²) in [5, 5.41) is 9.71. The van der Waals surface area contributed by atoms with Gasteiger partial charge in [-0.05, 0) is 43.5 Å². The minimum absolute atomic E-state index is 0.0173. The number of aliphatic hydroxyl groups excluding tert-OH is 1. The standard InChI is InChI=1S/C19H22N2O2S/c1-14-8-10-18(11-9-14)24-21-17(13-22)12-20(19(21)23)15(2)16-6-4-3-5-7-16/h3-11,15,17,22H,12-13H2,1-2H3/t15-,17-/m1/s1. The molecule has 0 radical (unpaired) electrons. The molecule has 1 aliphatic rings. The summed E-state index contributed by atoms with van der Waals surface area (Å²) in [7, 11) is 0. The molecule has 4 nitrogen and oxygen atoms in total. The highest BCUT2D eigenvalue weighted by Crippen LogP contribution is 2.34. The van der Waals surface area contributed by atoms with Crippen molar-refractivity contribution in [1.82, 2.24) is 9.21 Å². The van der Waals surface area contributed by atoms with Gasteiger partial charge in [-0.1, -0.05) is 48.0 Å². The number of rotatable bonds is 5. The third-order valence-corrected chi connectivity index (χ3v) is 5.49. The van der Waals surface area contributed by atoms with Crippen LogP contribution in [0.3, 0.4) is 0 Å². The zero-order chi connectivity index (χ0) is 17.1. The number of carbonyl (C=O) groups is 1. The number of urea groups is 1. The van der Waals surface area contributed by atoms with Gasteiger partial charge in [-0.25, -0.2) is 4.79 Å². The Morgan fingerprint density at radius 1 is 1.17 bits per heavy atom. The van der Waals surface area contributed by atoms with Crippen LogP contribution in [0.25, 0.3) is 0 Å². The van der Waals surface area contributed by atoms with Crippen molar-refractivity contribution in [2.45, 2.75) is 30.8 Å². The van der Waals surface area contributed by atoms with Crippen LogP contribution in [-0.2, 0) is 0 Å². The SMILES string of the molecule is Cc1ccc(SN2C(=O)N([C@H](C)c3ccccc3)C[C@@H]2CO)cc1. The van der Waals surface area contributed by atoms with Gasteiger partial charge in [0.05, 0.1) is 18.7 Å². The average molecular weight is 342 g/mol. The first-order chi connectivity index (χ1) is 11.6. The molecule has 3 rings (SSSR count). The summed E-state index contributed by atoms with van der Waals surface area (Å²) in [6, 6.07) is 17.8. The maximum Gasteiger partial charge on any atom is 0.331 e. The molecule has 2 amide bonds. The molecule has 1 fully saturated rings. The maximum atomic E-state index is 12.9. The summed E-state index contributed by atoms with van der Waals surface area (Å²) < 4.78 is 1.70. The van der Waals surface area contributed by atoms with Gasteiger partial charge in [0.25, 0.3) is 0 Å². The minimum atomic E-state index is -0.199. The highest BCUT2D eigenvalue weighted by Gasteiger charge is 2.40. The van der Waals surface area contributed by atoms with Crippen LogP contribution in [-0.4, -0.2) is 39.5 Å². The molecule has 0 unspecified atom stereocenters. The number of aryl methyl sites for hydroxylation is 1. The topological polar surface area (TPSA) is 43.8 Å². The number of hydrogen-bond donors (Lipinski definition) is 1. The zero-order valence-electron chi connectivity index (χ0n) is 13.9. The van der Waals surface area contributed by atoms with Crippen LogP contribution in [0.1, 0.15) is 24.1 Å². The van der Waals surface area contributed by atoms with Crippen LogP contribution in [0.4, 0.5) is 4.79 Å². The number of carbonyl (C=O) groups excluding carboxylic acids is 1. The van der Waals surface area contributed by atoms with Crippen molar-refractivity contribution in [3.8, 4) is 0 Å². The molecule has 0 aromatic heterocycles. The predicted molar refractivity (Wildman–Crippen MR) is 96.7 cm³/mol. The van der Waals surface area contributed by atoms with E-state index in [0.29, 0.717) is 6.54 Å². The largest absolute Gasteiger partial charge is 0.394 e. The second-order valence-electron chi connectivity index (χ2n) is 6.09. The molecule has 2 aromatic carbocycles. The van der Waals surface area contributed by atoms with E-state index >= 15 is 0 Å². The Hall–Kier alpha value is -1.98. The molecule has 2 aromatic rings. The molecule has 1 saturated heterocycles. The molecular formula is C19H22N2O2S. The molecule has 5 heteroatoms. The van der Waals surface area contributed by atoms with E-state index in [0.717, 1.165) is 10.5 Å². The lowest BCUT2D eigenvalue weighted by Crippen LogP contribution is -2.31. The second-order valence-corrected chi connectivity index (χ2v) is 7.14. The quantitative estimate of drug-likeness (QED) is 0.839. The van der Waals surface area contributed by atoms with E-state index in [1.807, 2.05) is 73.3 Å². The third-order valence-electron chi connectivity index (χ3n) is 4.36. The highest BCUT2D eigenvalue weighted by molar-refractivity contribution is 7.97. The van der Waals surface area contributed by atoms with Gasteiger partial charge in [-0.2, -0.15) is 0 Å². The lowest BCUT2D eigenvalue weighted by Gasteiger charge is -2.24. The van der Waals surface area contributed by atoms with Crippen molar-refractivity contribution >= 4 is 18.0 Å². The smallest absolute Gasteiger partial charge is 0.331 e. The van der Waals surface area contributed by atoms with Crippen LogP contribution >= 0.6 is 11.9 Å². The molecule has 0 spiro atoms. The monoisotopic (exact) mass is 342 g/mol. The van der Waals surface area contributed by atoms with Crippen LogP contribution < -0.4 is 0 Å². The first-order valence-electron chi connectivity index (χ1n) is 8.10. The average Bonchev–Trinajstić information content (AvgIpc) is 2.93. The first-order valence-corrected chi connectivity index (χ1v) is 8.87. The molecule has 2 atom stereocenters. The molecule has 1 N–H and O–H groups in total. The van der Waals surface area contributed by atoms with Crippen LogP contribution in [0.2, 0.25) is 0 Å². The fraction of sp³-hybridized carbons (Fsp3) is 0.316. The molecular weight excluding hydrogens is 320 g/mol. The van der Waals surface area contributed by atoms with Crippen molar-refractivity contribution < 1.29 is 9.90 Å². The number of aliphatic hydroxyl groups is 1. The normalized spacial score (nSPS) is 19.0. The third kappa shape index (κ3) is 3.42. The lowest BCUT2D eigenvalue weighted by atomic mass is 10.1. The van der Waals surface area contributed by atoms with Gasteiger partial charge in [0.1, 0.15) is 0 Å². The van der Waals surface area contributed by atoms with Gasteiger partial charge in [0.2, 0.25) is 0 Å². The van der Waals surface area contributed by atoms with Crippen molar-refractivity contribution in [1.29, 1.82) is 0 Å². The van der Waals surface area contributed by atoms with Crippen LogP contribution in [0.5, 0.6) is 0 Å². The van der Waals surface area contributed by atoms with E-state index in [2.05, 4.69) is 0 Å². The van der Waals surface area contributed by atoms with Crippen molar-refractivity contribution in [3.63, 3.8) is 0 Å². The van der Waals surface area contributed by atoms with Gasteiger partial charge in [0.15, 0.2) is 0 Å². The van der Waals surface area contributed by atoms with E-state index in [9.17, 15) is 9.90 Å². The number of hydrogen-bond acceptors (Lipinski definition) is 3. The van der Waals surface area contributed by atoms with Crippen molar-refractivity contribution in [3.05, 3.63) is 65.7 Å². The van der Waals surface area contributed by atoms with E-state index in [4.69, 9.17) is 0 Å². The Labute approximate surface area is 147 Å². The van der Waals surface area contributed by atoms with Gasteiger partial charge in [0, 0.05) is 11.4 Å². The van der Waals surface area contributed by atoms with Crippen molar-refractivity contribution in [2.75, 3.05) is 13.2 Å². The van der Waals surface area contributed by atoms with Gasteiger partial charge >= 0.3 is 6.03 Å². The maximum absolute atomic E-state index is 12.9. The zero-order valence-corrected chi connectivity index (χ0v) is 14.7. The Morgan fingerprint density at radius 3 is 2.46 bits per heavy atom. The molecule has 126 valence electrons. The van der Waals surface area contributed by atoms with Crippen LogP contribution in [0.15, 0.2) is 59.5 Å². The first kappa shape index (κ1) is 16.9. The Balaban J connectivity index is 1.78. The fourth-order valence-electron chi connectivity index (χ4n) is 2.86. The molecule has 1 aliphatic heterocycles. The number of nitrogens with zero attached hydrogens (tertiary/aromatic N) is 2. The summed E-state index contributed by atoms with van der Waals surface area (Å²) in [5.41, 5.74) is 2.29. The summed E-state index contributed by atoms with van der Waals surface area (Å²) >= 11 is 1.40. The van der Waals surface area contributed by atoms with Crippen molar-refractivity contribution in [2.24, 2.45) is 0 Å². The summed E-state index contributed by atoms with van der Waals surface area (Å²) in [5.74, 6) is 0. The number of amides is 2. The predicted octanol–water partition coefficient (Wildman–Crippen LogP) is 3.86. The van der Waals surface area contributed by atoms with E-state index < -0.39 is 0 Å². The Bertz CT molecular complexity index is 690. The minimum Gasteiger partial charge on any atom is -0.394 e. The Kier molecular flexibility index (Phi) is 5.11. The van der Waals surface area contributed by atoms with E-state index in [1.165, 1.54) is 17.5 Å². The Morgan fingerprint density at radius 2 is 1.83 bits per heavy atom. The van der Waals surface area contributed by atoms with Crippen LogP contribution in [0, 0.1) is 6.92 Å². The molecule has 24 heavy (non-hydrogen) atoms. The molecule has 1 heterocycles. The summed E-state index contributed by atoms with van der Waals surface area (Å²) in [6.07, 6.45) is 0. The highest BCUT2D eigenvalue weighted by atomic mass is 32.2. The van der Waals surface area contributed by atoms with Gasteiger partial charge < -0.3 is 10.0 Å². The van der Waals surface area contributed by atoms with Gasteiger partial charge in [-0.3, -0.25) is 4.31 Å². The molecule has 0 saturated carbocycles. The molecule has 0 aliphatic carbocycles. The second kappa shape index (κ2) is 7.28. The summed E-state index contributed by atoms with van der Waals surface area (Å²) in [4.78, 5) is 15.7. The molecule has 0 bridgehead atoms. The van der Waals surface area contributed by atoms with E-state index in [1.54, 1.807) is 4.31 Å². The van der Waals surface area contributed by atoms with E-state index in [-0.39, 0.29) is 24.7 Å². The fourth-order valence-corrected chi connectivity index (χ4v) is 3.81. The summed E-state index contributed by atoms with van der Waals surface area (Å²) in [6.45, 7) is 4.56. The number of benzene rings is 2.